The van der Waals surface area contributed by atoms with E-state index in [-0.39, 0.29) is 36.6 Å². The summed E-state index contributed by atoms with van der Waals surface area (Å²) in [7, 11) is 0. The third kappa shape index (κ3) is 3.84. The molecule has 110 valence electrons. The van der Waals surface area contributed by atoms with Crippen molar-refractivity contribution in [2.45, 2.75) is 50.1 Å². The van der Waals surface area contributed by atoms with Gasteiger partial charge in [0, 0.05) is 19.4 Å². The molecule has 2 aliphatic rings. The summed E-state index contributed by atoms with van der Waals surface area (Å²) in [5, 5.41) is 0. The fourth-order valence-electron chi connectivity index (χ4n) is 2.74. The summed E-state index contributed by atoms with van der Waals surface area (Å²) in [4.78, 5) is 14.4. The lowest BCUT2D eigenvalue weighted by Crippen LogP contribution is -2.51. The second kappa shape index (κ2) is 7.45. The molecule has 6 nitrogen and oxygen atoms in total. The summed E-state index contributed by atoms with van der Waals surface area (Å²) in [6, 6.07) is 0. The third-order valence-electron chi connectivity index (χ3n) is 3.64. The first-order valence-corrected chi connectivity index (χ1v) is 6.94. The first kappa shape index (κ1) is 15.1. The van der Waals surface area contributed by atoms with Gasteiger partial charge in [-0.2, -0.15) is 4.79 Å². The molecule has 2 saturated heterocycles. The Morgan fingerprint density at radius 1 is 1.50 bits per heavy atom. The molecule has 2 rings (SSSR count). The molecule has 4 atom stereocenters. The van der Waals surface area contributed by atoms with Crippen LogP contribution in [-0.4, -0.2) is 54.4 Å². The van der Waals surface area contributed by atoms with Gasteiger partial charge in [-0.05, 0) is 12.8 Å². The number of hydrogen-bond donors (Lipinski definition) is 0. The normalized spacial score (nSPS) is 32.8. The van der Waals surface area contributed by atoms with Crippen LogP contribution in [0.15, 0.2) is 12.7 Å². The van der Waals surface area contributed by atoms with Crippen LogP contribution >= 0.6 is 0 Å². The zero-order chi connectivity index (χ0) is 14.4. The monoisotopic (exact) mass is 280 g/mol. The summed E-state index contributed by atoms with van der Waals surface area (Å²) >= 11 is 0. The van der Waals surface area contributed by atoms with E-state index >= 15 is 0 Å². The first-order chi connectivity index (χ1) is 9.74. The zero-order valence-electron chi connectivity index (χ0n) is 11.4. The van der Waals surface area contributed by atoms with E-state index in [0.29, 0.717) is 13.0 Å². The van der Waals surface area contributed by atoms with Crippen LogP contribution in [0, 0.1) is 0 Å². The topological polar surface area (TPSA) is 81.2 Å². The van der Waals surface area contributed by atoms with Crippen LogP contribution in [-0.2, 0) is 19.0 Å². The average molecular weight is 280 g/mol. The second-order valence-electron chi connectivity index (χ2n) is 5.08. The molecule has 0 aromatic heterocycles. The predicted molar refractivity (Wildman–Crippen MR) is 71.5 cm³/mol. The summed E-state index contributed by atoms with van der Waals surface area (Å²) < 4.78 is 17.4. The third-order valence-corrected chi connectivity index (χ3v) is 3.64. The Morgan fingerprint density at radius 2 is 2.35 bits per heavy atom. The Balaban J connectivity index is 2.01. The molecule has 2 fully saturated rings. The van der Waals surface area contributed by atoms with Crippen LogP contribution in [0.25, 0.3) is 5.53 Å². The highest BCUT2D eigenvalue weighted by Crippen LogP contribution is 2.31. The Labute approximate surface area is 118 Å². The summed E-state index contributed by atoms with van der Waals surface area (Å²) in [6.07, 6.45) is 4.87. The Morgan fingerprint density at radius 3 is 3.10 bits per heavy atom. The second-order valence-corrected chi connectivity index (χ2v) is 5.08. The van der Waals surface area contributed by atoms with Gasteiger partial charge < -0.3 is 19.7 Å². The van der Waals surface area contributed by atoms with Gasteiger partial charge in [0.25, 0.3) is 0 Å². The highest BCUT2D eigenvalue weighted by atomic mass is 16.6. The van der Waals surface area contributed by atoms with Gasteiger partial charge in [-0.3, -0.25) is 4.79 Å². The van der Waals surface area contributed by atoms with Crippen molar-refractivity contribution in [2.24, 2.45) is 0 Å². The maximum absolute atomic E-state index is 11.6. The molecule has 0 aliphatic carbocycles. The van der Waals surface area contributed by atoms with Gasteiger partial charge >= 0.3 is 6.21 Å². The van der Waals surface area contributed by atoms with E-state index in [1.54, 1.807) is 6.08 Å². The minimum Gasteiger partial charge on any atom is -0.375 e. The maximum Gasteiger partial charge on any atom is 0.323 e. The molecule has 2 heterocycles. The number of carbonyl (C=O) groups excluding carboxylic acids is 1. The standard InChI is InChI=1S/C14H20N2O4/c1-2-5-18-13-8-12-11(4-3-6-19-12)20-14(13)7-10(17)9-16-15/h2,9,11-14H,1,3-8H2/t11-,12+,13-,14+/m0/s1. The minimum absolute atomic E-state index is 0.0243. The Bertz CT molecular complexity index is 406. The van der Waals surface area contributed by atoms with Crippen LogP contribution in [0.2, 0.25) is 0 Å². The molecule has 0 radical (unpaired) electrons. The van der Waals surface area contributed by atoms with Gasteiger partial charge in [0.2, 0.25) is 5.78 Å². The molecule has 0 aromatic rings. The van der Waals surface area contributed by atoms with E-state index in [1.807, 2.05) is 0 Å². The highest BCUT2D eigenvalue weighted by Gasteiger charge is 2.41. The van der Waals surface area contributed by atoms with Crippen molar-refractivity contribution in [3.63, 3.8) is 0 Å². The fraction of sp³-hybridized carbons (Fsp3) is 0.714. The number of Topliss-reactive ketones (excluding diaryl/α,β-unsaturated/α-hetero) is 1. The molecular weight excluding hydrogens is 260 g/mol. The van der Waals surface area contributed by atoms with E-state index in [2.05, 4.69) is 11.4 Å². The van der Waals surface area contributed by atoms with Crippen molar-refractivity contribution in [3.05, 3.63) is 18.2 Å². The Kier molecular flexibility index (Phi) is 5.61. The molecule has 0 saturated carbocycles. The fourth-order valence-corrected chi connectivity index (χ4v) is 2.74. The minimum atomic E-state index is -0.330. The number of rotatable bonds is 6. The van der Waals surface area contributed by atoms with Gasteiger partial charge in [0.15, 0.2) is 0 Å². The zero-order valence-corrected chi connectivity index (χ0v) is 11.4. The predicted octanol–water partition coefficient (Wildman–Crippen LogP) is 1.15. The summed E-state index contributed by atoms with van der Waals surface area (Å²) in [6.45, 7) is 4.78. The number of nitrogens with zero attached hydrogens (tertiary/aromatic N) is 2. The smallest absolute Gasteiger partial charge is 0.323 e. The van der Waals surface area contributed by atoms with Crippen LogP contribution in [0.4, 0.5) is 0 Å². The number of fused-ring (bicyclic) bond motifs is 1. The lowest BCUT2D eigenvalue weighted by molar-refractivity contribution is -0.211. The summed E-state index contributed by atoms with van der Waals surface area (Å²) in [5.41, 5.74) is 8.40. The van der Waals surface area contributed by atoms with Gasteiger partial charge in [-0.15, -0.1) is 6.58 Å². The van der Waals surface area contributed by atoms with Crippen molar-refractivity contribution >= 4 is 12.0 Å². The van der Waals surface area contributed by atoms with Crippen LogP contribution < -0.4 is 0 Å². The van der Waals surface area contributed by atoms with Crippen molar-refractivity contribution in [2.75, 3.05) is 13.2 Å². The van der Waals surface area contributed by atoms with Crippen molar-refractivity contribution in [1.29, 1.82) is 0 Å². The van der Waals surface area contributed by atoms with Crippen LogP contribution in [0.1, 0.15) is 25.7 Å². The molecule has 0 unspecified atom stereocenters. The maximum atomic E-state index is 11.6. The first-order valence-electron chi connectivity index (χ1n) is 6.94. The number of carbonyl (C=O) groups is 1. The number of hydrogen-bond acceptors (Lipinski definition) is 4. The number of ether oxygens (including phenoxy) is 3. The largest absolute Gasteiger partial charge is 0.375 e. The SMILES string of the molecule is C=CCO[C@H]1C[C@H]2OCCC[C@@H]2O[C@@H]1CC(=O)C=[N+]=[N-]. The molecule has 0 amide bonds. The molecule has 0 bridgehead atoms. The van der Waals surface area contributed by atoms with E-state index in [9.17, 15) is 4.79 Å². The van der Waals surface area contributed by atoms with Gasteiger partial charge in [-0.25, -0.2) is 0 Å². The molecule has 6 heteroatoms. The molecule has 2 aliphatic heterocycles. The number of ketones is 1. The van der Waals surface area contributed by atoms with Crippen molar-refractivity contribution < 1.29 is 23.8 Å². The molecule has 20 heavy (non-hydrogen) atoms. The van der Waals surface area contributed by atoms with Gasteiger partial charge in [0.05, 0.1) is 31.0 Å². The van der Waals surface area contributed by atoms with Crippen LogP contribution in [0.3, 0.4) is 0 Å². The Hall–Kier alpha value is -1.33. The lowest BCUT2D eigenvalue weighted by atomic mass is 9.91. The average Bonchev–Trinajstić information content (AvgIpc) is 2.45. The van der Waals surface area contributed by atoms with Crippen molar-refractivity contribution in [1.82, 2.24) is 0 Å². The molecule has 0 N–H and O–H groups in total. The highest BCUT2D eigenvalue weighted by molar-refractivity contribution is 6.25. The molecule has 0 aromatic carbocycles. The lowest BCUT2D eigenvalue weighted by Gasteiger charge is -2.43. The van der Waals surface area contributed by atoms with E-state index < -0.39 is 0 Å². The quantitative estimate of drug-likeness (QED) is 0.316. The van der Waals surface area contributed by atoms with Crippen molar-refractivity contribution in [3.8, 4) is 0 Å². The van der Waals surface area contributed by atoms with E-state index in [1.165, 1.54) is 0 Å². The van der Waals surface area contributed by atoms with E-state index in [4.69, 9.17) is 19.7 Å². The van der Waals surface area contributed by atoms with Crippen LogP contribution in [0.5, 0.6) is 0 Å². The molecular formula is C14H20N2O4. The molecule has 0 spiro atoms. The van der Waals surface area contributed by atoms with Gasteiger partial charge in [-0.1, -0.05) is 6.08 Å². The van der Waals surface area contributed by atoms with E-state index in [0.717, 1.165) is 25.7 Å². The summed E-state index contributed by atoms with van der Waals surface area (Å²) in [5.74, 6) is -0.278. The van der Waals surface area contributed by atoms with Gasteiger partial charge in [0.1, 0.15) is 0 Å².